The third-order valence-electron chi connectivity index (χ3n) is 11.4. The summed E-state index contributed by atoms with van der Waals surface area (Å²) in [6, 6.07) is 51.2. The van der Waals surface area contributed by atoms with Gasteiger partial charge >= 0.3 is 11.9 Å². The van der Waals surface area contributed by atoms with E-state index in [2.05, 4.69) is 20.8 Å². The van der Waals surface area contributed by atoms with E-state index in [1.165, 1.54) is 16.8 Å². The van der Waals surface area contributed by atoms with Crippen LogP contribution in [0.5, 0.6) is 5.75 Å². The summed E-state index contributed by atoms with van der Waals surface area (Å²) < 4.78 is 31.3. The number of benzene rings is 6. The molecule has 2 N–H and O–H groups in total. The molecule has 17 nitrogen and oxygen atoms in total. The summed E-state index contributed by atoms with van der Waals surface area (Å²) in [5.74, 6) is -6.56. The van der Waals surface area contributed by atoms with Gasteiger partial charge in [-0.05, 0) is 55.9 Å². The van der Waals surface area contributed by atoms with Crippen molar-refractivity contribution in [1.82, 2.24) is 30.4 Å². The van der Waals surface area contributed by atoms with Gasteiger partial charge in [0.2, 0.25) is 17.3 Å². The van der Waals surface area contributed by atoms with Crippen LogP contribution in [0.25, 0.3) is 0 Å². The molecule has 4 unspecified atom stereocenters. The maximum atomic E-state index is 15.0. The number of ether oxygens (including phenoxy) is 5. The topological polar surface area (TPSA) is 211 Å². The van der Waals surface area contributed by atoms with Crippen molar-refractivity contribution in [2.75, 3.05) is 19.5 Å². The monoisotopic (exact) mass is 976 g/mol. The first kappa shape index (κ1) is 49.4. The van der Waals surface area contributed by atoms with Gasteiger partial charge in [-0.2, -0.15) is 0 Å². The molecule has 1 aromatic heterocycles. The lowest BCUT2D eigenvalue weighted by atomic mass is 9.93. The molecular formula is C53H48N6O11S. The number of aryl methyl sites for hydroxylation is 1. The maximum Gasteiger partial charge on any atom is 0.357 e. The fourth-order valence-electron chi connectivity index (χ4n) is 7.82. The minimum absolute atomic E-state index is 0.147. The molecule has 0 spiro atoms. The van der Waals surface area contributed by atoms with Crippen molar-refractivity contribution in [2.24, 2.45) is 7.05 Å². The highest BCUT2D eigenvalue weighted by Crippen LogP contribution is 2.38. The lowest BCUT2D eigenvalue weighted by molar-refractivity contribution is -0.283. The SMILES string of the molecule is COC1(NC(=O)C(C(=O)OC(c2ccccc2)c2ccccc2)c2ccc(OCc3ccccc3)cc2)C(=O)N(C(O)C(=O)OC(c2ccccc2)c2ccccc2)C1OCC(=O)CSc1nnnn1C. The molecular weight excluding hydrogens is 929 g/mol. The standard InChI is InChI=1S/C53H48N6O11S/c1-58-52(55-56-57-58)71-34-41(60)33-68-51-53(66-2,50(65)59(51)47(62)49(64)70-45(39-24-14-6-15-25-39)40-26-16-7-17-27-40)54-46(61)43(36-28-30-42(31-29-36)67-32-35-18-8-3-9-19-35)48(63)69-44(37-20-10-4-11-21-37)38-22-12-5-13-23-38/h3-31,43-45,47,51,62H,32-34H2,1-2H3,(H,54,61). The number of thioether (sulfide) groups is 1. The second-order valence-electron chi connectivity index (χ2n) is 16.1. The van der Waals surface area contributed by atoms with Crippen LogP contribution in [0.2, 0.25) is 0 Å². The van der Waals surface area contributed by atoms with Gasteiger partial charge in [0.25, 0.3) is 11.6 Å². The molecule has 4 atom stereocenters. The number of hydrogen-bond donors (Lipinski definition) is 2. The molecule has 0 aliphatic carbocycles. The van der Waals surface area contributed by atoms with Crippen molar-refractivity contribution in [2.45, 2.75) is 48.1 Å². The predicted molar refractivity (Wildman–Crippen MR) is 257 cm³/mol. The van der Waals surface area contributed by atoms with Gasteiger partial charge in [0, 0.05) is 14.2 Å². The Labute approximate surface area is 412 Å². The van der Waals surface area contributed by atoms with E-state index in [9.17, 15) is 29.1 Å². The maximum absolute atomic E-state index is 15.0. The zero-order valence-corrected chi connectivity index (χ0v) is 39.2. The molecule has 2 heterocycles. The predicted octanol–water partition coefficient (Wildman–Crippen LogP) is 5.86. The fourth-order valence-corrected chi connectivity index (χ4v) is 8.51. The third kappa shape index (κ3) is 11.5. The number of nitrogens with one attached hydrogen (secondary N) is 1. The van der Waals surface area contributed by atoms with Gasteiger partial charge in [-0.25, -0.2) is 9.48 Å². The first-order valence-electron chi connectivity index (χ1n) is 22.3. The number of β-lactam (4-membered cyclic amide) rings is 1. The summed E-state index contributed by atoms with van der Waals surface area (Å²) in [7, 11) is 2.68. The van der Waals surface area contributed by atoms with E-state index in [-0.39, 0.29) is 17.9 Å². The van der Waals surface area contributed by atoms with E-state index in [0.29, 0.717) is 38.1 Å². The number of ketones is 1. The largest absolute Gasteiger partial charge is 0.489 e. The van der Waals surface area contributed by atoms with E-state index < -0.39 is 72.4 Å². The van der Waals surface area contributed by atoms with Gasteiger partial charge < -0.3 is 34.1 Å². The minimum Gasteiger partial charge on any atom is -0.489 e. The first-order valence-corrected chi connectivity index (χ1v) is 23.3. The smallest absolute Gasteiger partial charge is 0.357 e. The van der Waals surface area contributed by atoms with E-state index in [1.54, 1.807) is 128 Å². The number of aliphatic hydroxyl groups excluding tert-OH is 1. The van der Waals surface area contributed by atoms with Crippen LogP contribution in [0.3, 0.4) is 0 Å². The van der Waals surface area contributed by atoms with Gasteiger partial charge in [-0.15, -0.1) is 5.10 Å². The number of esters is 2. The van der Waals surface area contributed by atoms with Gasteiger partial charge in [-0.3, -0.25) is 24.1 Å². The lowest BCUT2D eigenvalue weighted by Crippen LogP contribution is -2.84. The van der Waals surface area contributed by atoms with E-state index in [0.717, 1.165) is 24.4 Å². The average Bonchev–Trinajstić information content (AvgIpc) is 3.83. The number of aromatic nitrogens is 4. The Kier molecular flexibility index (Phi) is 16.0. The van der Waals surface area contributed by atoms with Crippen LogP contribution in [0, 0.1) is 0 Å². The number of likely N-dealkylation sites (tertiary alicyclic amines) is 1. The molecule has 8 rings (SSSR count). The molecule has 0 radical (unpaired) electrons. The van der Waals surface area contributed by atoms with Crippen LogP contribution in [0.4, 0.5) is 0 Å². The number of carbonyl (C=O) groups is 5. The van der Waals surface area contributed by atoms with Crippen LogP contribution < -0.4 is 10.1 Å². The van der Waals surface area contributed by atoms with Crippen molar-refractivity contribution >= 4 is 41.3 Å². The molecule has 0 bridgehead atoms. The first-order chi connectivity index (χ1) is 34.6. The van der Waals surface area contributed by atoms with E-state index >= 15 is 0 Å². The van der Waals surface area contributed by atoms with Crippen LogP contribution in [0.1, 0.15) is 51.5 Å². The molecule has 1 aliphatic rings. The van der Waals surface area contributed by atoms with Crippen LogP contribution in [-0.4, -0.2) is 97.4 Å². The van der Waals surface area contributed by atoms with Crippen molar-refractivity contribution in [1.29, 1.82) is 0 Å². The Morgan fingerprint density at radius 1 is 0.690 bits per heavy atom. The second kappa shape index (κ2) is 23.1. The number of nitrogens with zero attached hydrogens (tertiary/aromatic N) is 5. The molecule has 1 aliphatic heterocycles. The molecule has 1 saturated heterocycles. The van der Waals surface area contributed by atoms with Crippen molar-refractivity contribution in [3.8, 4) is 5.75 Å². The van der Waals surface area contributed by atoms with E-state index in [4.69, 9.17) is 23.7 Å². The lowest BCUT2D eigenvalue weighted by Gasteiger charge is -2.54. The van der Waals surface area contributed by atoms with Gasteiger partial charge in [0.05, 0.1) is 5.75 Å². The summed E-state index contributed by atoms with van der Waals surface area (Å²) in [5, 5.41) is 25.8. The van der Waals surface area contributed by atoms with Crippen molar-refractivity contribution in [3.05, 3.63) is 209 Å². The zero-order valence-electron chi connectivity index (χ0n) is 38.4. The number of hydrogen-bond acceptors (Lipinski definition) is 15. The van der Waals surface area contributed by atoms with Crippen molar-refractivity contribution in [3.63, 3.8) is 0 Å². The molecule has 1 fully saturated rings. The van der Waals surface area contributed by atoms with Gasteiger partial charge in [-0.1, -0.05) is 176 Å². The minimum atomic E-state index is -2.52. The molecule has 6 aromatic carbocycles. The number of amides is 2. The van der Waals surface area contributed by atoms with Crippen LogP contribution in [0.15, 0.2) is 181 Å². The number of Topliss-reactive ketones (excluding diaryl/α,β-unsaturated/α-hetero) is 1. The molecule has 2 amide bonds. The summed E-state index contributed by atoms with van der Waals surface area (Å²) in [6.45, 7) is -0.465. The quantitative estimate of drug-likeness (QED) is 0.0268. The number of tetrazole rings is 1. The molecule has 18 heteroatoms. The fraction of sp³-hybridized carbons (Fsp3) is 0.208. The van der Waals surface area contributed by atoms with Crippen LogP contribution >= 0.6 is 11.8 Å². The summed E-state index contributed by atoms with van der Waals surface area (Å²) >= 11 is 1.01. The van der Waals surface area contributed by atoms with E-state index in [1.807, 2.05) is 42.5 Å². The zero-order chi connectivity index (χ0) is 49.7. The van der Waals surface area contributed by atoms with Crippen LogP contribution in [-0.2, 0) is 56.6 Å². The number of rotatable bonds is 22. The highest BCUT2D eigenvalue weighted by atomic mass is 32.2. The molecule has 362 valence electrons. The highest BCUT2D eigenvalue weighted by Gasteiger charge is 2.67. The molecule has 7 aromatic rings. The third-order valence-corrected chi connectivity index (χ3v) is 12.5. The highest BCUT2D eigenvalue weighted by molar-refractivity contribution is 7.99. The Morgan fingerprint density at radius 3 is 1.66 bits per heavy atom. The second-order valence-corrected chi connectivity index (χ2v) is 17.1. The summed E-state index contributed by atoms with van der Waals surface area (Å²) in [5.41, 5.74) is 0.905. The molecule has 71 heavy (non-hydrogen) atoms. The number of carbonyl (C=O) groups excluding carboxylic acids is 5. The average molecular weight is 977 g/mol. The summed E-state index contributed by atoms with van der Waals surface area (Å²) in [4.78, 5) is 72.3. The Morgan fingerprint density at radius 2 is 1.18 bits per heavy atom. The van der Waals surface area contributed by atoms with Gasteiger partial charge in [0.15, 0.2) is 30.1 Å². The Bertz CT molecular complexity index is 2820. The van der Waals surface area contributed by atoms with Gasteiger partial charge in [0.1, 0.15) is 19.0 Å². The summed E-state index contributed by atoms with van der Waals surface area (Å²) in [6.07, 6.45) is -6.19. The number of aliphatic hydroxyl groups is 1. The number of methoxy groups -OCH3 is 1. The van der Waals surface area contributed by atoms with Crippen molar-refractivity contribution < 1.29 is 52.8 Å². The Hall–Kier alpha value is -8.03. The molecule has 0 saturated carbocycles. The normalized spacial score (nSPS) is 16.2. The Balaban J connectivity index is 1.10.